The highest BCUT2D eigenvalue weighted by Crippen LogP contribution is 2.28. The third-order valence-corrected chi connectivity index (χ3v) is 4.23. The summed E-state index contributed by atoms with van der Waals surface area (Å²) in [6.45, 7) is 0. The number of amides is 2. The summed E-state index contributed by atoms with van der Waals surface area (Å²) in [7, 11) is 0. The first-order chi connectivity index (χ1) is 12.9. The van der Waals surface area contributed by atoms with E-state index < -0.39 is 23.3 Å². The smallest absolute Gasteiger partial charge is 0.261 e. The molecule has 1 aliphatic carbocycles. The SMILES string of the molecule is Nc1ccc(NC(=O)C2C=CC=CC2(O)C(=O)Nc2ccc(N)cc2)cc1. The standard InChI is InChI=1S/C20H20N4O3/c21-13-4-8-15(9-5-13)23-18(25)17-3-1-2-12-20(17,27)19(26)24-16-10-6-14(22)7-11-16/h1-12,17,27H,21-22H2,(H,23,25)(H,24,26). The summed E-state index contributed by atoms with van der Waals surface area (Å²) in [5, 5.41) is 16.2. The van der Waals surface area contributed by atoms with Crippen molar-refractivity contribution in [3.63, 3.8) is 0 Å². The number of anilines is 4. The molecule has 138 valence electrons. The predicted molar refractivity (Wildman–Crippen MR) is 106 cm³/mol. The van der Waals surface area contributed by atoms with Crippen molar-refractivity contribution < 1.29 is 14.7 Å². The molecule has 0 saturated carbocycles. The summed E-state index contributed by atoms with van der Waals surface area (Å²) in [6, 6.07) is 13.1. The minimum Gasteiger partial charge on any atom is -0.399 e. The number of carbonyl (C=O) groups excluding carboxylic acids is 2. The molecule has 3 rings (SSSR count). The Labute approximate surface area is 156 Å². The molecule has 7 heteroatoms. The Hall–Kier alpha value is -3.58. The molecular weight excluding hydrogens is 344 g/mol. The van der Waals surface area contributed by atoms with Crippen LogP contribution < -0.4 is 22.1 Å². The summed E-state index contributed by atoms with van der Waals surface area (Å²) < 4.78 is 0. The molecule has 0 bridgehead atoms. The summed E-state index contributed by atoms with van der Waals surface area (Å²) in [4.78, 5) is 25.4. The lowest BCUT2D eigenvalue weighted by atomic mass is 9.82. The molecule has 2 amide bonds. The van der Waals surface area contributed by atoms with Crippen LogP contribution >= 0.6 is 0 Å². The van der Waals surface area contributed by atoms with Gasteiger partial charge in [-0.15, -0.1) is 0 Å². The zero-order valence-electron chi connectivity index (χ0n) is 14.4. The van der Waals surface area contributed by atoms with Crippen LogP contribution in [0.1, 0.15) is 0 Å². The van der Waals surface area contributed by atoms with E-state index in [1.54, 1.807) is 54.6 Å². The van der Waals surface area contributed by atoms with Gasteiger partial charge >= 0.3 is 0 Å². The van der Waals surface area contributed by atoms with Crippen LogP contribution in [0.15, 0.2) is 72.8 Å². The average Bonchev–Trinajstić information content (AvgIpc) is 2.65. The Bertz CT molecular complexity index is 904. The van der Waals surface area contributed by atoms with Gasteiger partial charge < -0.3 is 27.2 Å². The van der Waals surface area contributed by atoms with E-state index in [0.717, 1.165) is 0 Å². The van der Waals surface area contributed by atoms with Crippen LogP contribution in [-0.2, 0) is 9.59 Å². The van der Waals surface area contributed by atoms with Crippen LogP contribution in [0.2, 0.25) is 0 Å². The molecule has 2 atom stereocenters. The van der Waals surface area contributed by atoms with E-state index >= 15 is 0 Å². The molecule has 0 spiro atoms. The molecule has 0 aromatic heterocycles. The van der Waals surface area contributed by atoms with Gasteiger partial charge in [-0.3, -0.25) is 9.59 Å². The summed E-state index contributed by atoms with van der Waals surface area (Å²) in [6.07, 6.45) is 5.91. The van der Waals surface area contributed by atoms with Crippen LogP contribution in [0.3, 0.4) is 0 Å². The quantitative estimate of drug-likeness (QED) is 0.529. The van der Waals surface area contributed by atoms with Crippen LogP contribution in [0.25, 0.3) is 0 Å². The normalized spacial score (nSPS) is 20.9. The number of hydrogen-bond donors (Lipinski definition) is 5. The predicted octanol–water partition coefficient (Wildman–Crippen LogP) is 1.90. The number of nitrogens with two attached hydrogens (primary N) is 2. The Morgan fingerprint density at radius 3 is 1.93 bits per heavy atom. The minimum absolute atomic E-state index is 0.461. The third kappa shape index (κ3) is 3.99. The van der Waals surface area contributed by atoms with Crippen LogP contribution in [0, 0.1) is 5.92 Å². The summed E-state index contributed by atoms with van der Waals surface area (Å²) in [5.74, 6) is -2.34. The monoisotopic (exact) mass is 364 g/mol. The van der Waals surface area contributed by atoms with E-state index in [9.17, 15) is 14.7 Å². The van der Waals surface area contributed by atoms with Gasteiger partial charge in [0, 0.05) is 22.7 Å². The lowest BCUT2D eigenvalue weighted by Gasteiger charge is -2.31. The zero-order valence-corrected chi connectivity index (χ0v) is 14.4. The highest BCUT2D eigenvalue weighted by atomic mass is 16.3. The number of allylic oxidation sites excluding steroid dienone is 2. The molecule has 0 heterocycles. The molecule has 7 N–H and O–H groups in total. The topological polar surface area (TPSA) is 130 Å². The maximum absolute atomic E-state index is 12.7. The Morgan fingerprint density at radius 1 is 0.852 bits per heavy atom. The lowest BCUT2D eigenvalue weighted by molar-refractivity contribution is -0.139. The van der Waals surface area contributed by atoms with E-state index in [2.05, 4.69) is 10.6 Å². The number of nitrogen functional groups attached to an aromatic ring is 2. The number of aliphatic hydroxyl groups is 1. The van der Waals surface area contributed by atoms with Crippen molar-refractivity contribution in [2.24, 2.45) is 5.92 Å². The summed E-state index contributed by atoms with van der Waals surface area (Å²) in [5.41, 5.74) is 11.3. The Morgan fingerprint density at radius 2 is 1.37 bits per heavy atom. The maximum atomic E-state index is 12.7. The van der Waals surface area contributed by atoms with E-state index in [0.29, 0.717) is 22.7 Å². The van der Waals surface area contributed by atoms with Crippen molar-refractivity contribution in [1.82, 2.24) is 0 Å². The minimum atomic E-state index is -2.03. The first kappa shape index (κ1) is 18.2. The highest BCUT2D eigenvalue weighted by Gasteiger charge is 2.45. The van der Waals surface area contributed by atoms with Crippen molar-refractivity contribution in [1.29, 1.82) is 0 Å². The van der Waals surface area contributed by atoms with Gasteiger partial charge in [0.05, 0.1) is 5.92 Å². The van der Waals surface area contributed by atoms with Crippen LogP contribution in [0.5, 0.6) is 0 Å². The molecule has 0 fully saturated rings. The van der Waals surface area contributed by atoms with Gasteiger partial charge in [0.2, 0.25) is 5.91 Å². The van der Waals surface area contributed by atoms with Gasteiger partial charge in [-0.05, 0) is 54.6 Å². The van der Waals surface area contributed by atoms with Gasteiger partial charge in [0.25, 0.3) is 5.91 Å². The first-order valence-electron chi connectivity index (χ1n) is 8.30. The lowest BCUT2D eigenvalue weighted by Crippen LogP contribution is -2.52. The van der Waals surface area contributed by atoms with E-state index in [4.69, 9.17) is 11.5 Å². The largest absolute Gasteiger partial charge is 0.399 e. The molecular formula is C20H20N4O3. The number of carbonyl (C=O) groups is 2. The number of hydrogen-bond acceptors (Lipinski definition) is 5. The molecule has 2 unspecified atom stereocenters. The Kier molecular flexibility index (Phi) is 4.96. The zero-order chi connectivity index (χ0) is 19.4. The molecule has 0 saturated heterocycles. The highest BCUT2D eigenvalue weighted by molar-refractivity contribution is 6.06. The molecule has 0 radical (unpaired) electrons. The molecule has 7 nitrogen and oxygen atoms in total. The van der Waals surface area contributed by atoms with Crippen molar-refractivity contribution >= 4 is 34.6 Å². The van der Waals surface area contributed by atoms with Gasteiger partial charge in [-0.25, -0.2) is 0 Å². The maximum Gasteiger partial charge on any atom is 0.261 e. The van der Waals surface area contributed by atoms with E-state index in [1.165, 1.54) is 18.2 Å². The number of rotatable bonds is 4. The van der Waals surface area contributed by atoms with Gasteiger partial charge in [-0.2, -0.15) is 0 Å². The molecule has 2 aromatic rings. The van der Waals surface area contributed by atoms with Crippen molar-refractivity contribution in [3.05, 3.63) is 72.8 Å². The van der Waals surface area contributed by atoms with Crippen molar-refractivity contribution in [2.45, 2.75) is 5.60 Å². The Balaban J connectivity index is 1.78. The second-order valence-electron chi connectivity index (χ2n) is 6.23. The van der Waals surface area contributed by atoms with Gasteiger partial charge in [-0.1, -0.05) is 18.2 Å². The van der Waals surface area contributed by atoms with Crippen LogP contribution in [0.4, 0.5) is 22.7 Å². The molecule has 2 aromatic carbocycles. The first-order valence-corrected chi connectivity index (χ1v) is 8.30. The number of nitrogens with one attached hydrogen (secondary N) is 2. The fourth-order valence-corrected chi connectivity index (χ4v) is 2.72. The molecule has 0 aliphatic heterocycles. The van der Waals surface area contributed by atoms with E-state index in [-0.39, 0.29) is 0 Å². The fourth-order valence-electron chi connectivity index (χ4n) is 2.72. The van der Waals surface area contributed by atoms with Gasteiger partial charge in [0.1, 0.15) is 0 Å². The molecule has 27 heavy (non-hydrogen) atoms. The second kappa shape index (κ2) is 7.35. The van der Waals surface area contributed by atoms with Crippen molar-refractivity contribution in [3.8, 4) is 0 Å². The van der Waals surface area contributed by atoms with Crippen molar-refractivity contribution in [2.75, 3.05) is 22.1 Å². The van der Waals surface area contributed by atoms with Crippen LogP contribution in [-0.4, -0.2) is 22.5 Å². The summed E-state index contributed by atoms with van der Waals surface area (Å²) >= 11 is 0. The molecule has 1 aliphatic rings. The third-order valence-electron chi connectivity index (χ3n) is 4.23. The van der Waals surface area contributed by atoms with E-state index in [1.807, 2.05) is 0 Å². The van der Waals surface area contributed by atoms with Gasteiger partial charge in [0.15, 0.2) is 5.60 Å². The fraction of sp³-hybridized carbons (Fsp3) is 0.100. The second-order valence-corrected chi connectivity index (χ2v) is 6.23. The average molecular weight is 364 g/mol. The number of benzene rings is 2.